The van der Waals surface area contributed by atoms with Crippen LogP contribution in [-0.4, -0.2) is 21.7 Å². The van der Waals surface area contributed by atoms with Crippen LogP contribution in [0.15, 0.2) is 140 Å². The first-order chi connectivity index (χ1) is 23.8. The van der Waals surface area contributed by atoms with Crippen LogP contribution >= 0.6 is 0 Å². The molecule has 2 amide bonds. The van der Waals surface area contributed by atoms with Crippen LogP contribution in [-0.2, 0) is 26.4 Å². The summed E-state index contributed by atoms with van der Waals surface area (Å²) in [5.74, 6) is -4.20. The summed E-state index contributed by atoms with van der Waals surface area (Å²) >= 11 is 0. The van der Waals surface area contributed by atoms with Gasteiger partial charge in [0.05, 0.1) is 21.2 Å². The molecule has 0 radical (unpaired) electrons. The van der Waals surface area contributed by atoms with Gasteiger partial charge in [0.2, 0.25) is 0 Å². The van der Waals surface area contributed by atoms with E-state index < -0.39 is 56.1 Å². The number of azo groups is 2. The summed E-state index contributed by atoms with van der Waals surface area (Å²) in [6, 6.07) is 22.5. The third kappa shape index (κ3) is 13.4. The molecule has 0 aromatic heterocycles. The van der Waals surface area contributed by atoms with E-state index in [1.54, 1.807) is 60.7 Å². The van der Waals surface area contributed by atoms with E-state index in [4.69, 9.17) is 0 Å². The van der Waals surface area contributed by atoms with Crippen molar-refractivity contribution < 1.29 is 86.2 Å². The number of benzene rings is 4. The number of hydrogen-bond acceptors (Lipinski definition) is 14. The maximum Gasteiger partial charge on any atom is 3.00 e. The molecule has 0 aliphatic rings. The molecule has 18 nitrogen and oxygen atoms in total. The largest absolute Gasteiger partial charge is 3.00 e. The van der Waals surface area contributed by atoms with Gasteiger partial charge in [-0.05, 0) is 24.3 Å². The standard InChI is InChI=1S/2C16H14N4O5.Co.Na/c2*1-10(21)15(16(23)17-11-5-3-2-4-6-11)19-18-13-9-12(20(24)25)7-8-14(13)22;;/h2*2-9,21-22H,1H3,(H,17,23);;/q;;+3;+1/p-4. The number of carbonyl (C=O) groups is 2. The van der Waals surface area contributed by atoms with Crippen LogP contribution in [0.1, 0.15) is 13.8 Å². The summed E-state index contributed by atoms with van der Waals surface area (Å²) < 4.78 is 0. The number of allylic oxidation sites excluding steroid dienone is 2. The van der Waals surface area contributed by atoms with Crippen LogP contribution in [0.3, 0.4) is 0 Å². The fraction of sp³-hybridized carbons (Fsp3) is 0.0625. The molecule has 2 N–H and O–H groups in total. The fourth-order valence-electron chi connectivity index (χ4n) is 3.58. The minimum atomic E-state index is -0.805. The number of para-hydroxylation sites is 2. The Kier molecular flexibility index (Phi) is 18.0. The number of nitrogens with zero attached hydrogens (tertiary/aromatic N) is 6. The number of carbonyl (C=O) groups excluding carboxylic acids is 2. The zero-order chi connectivity index (χ0) is 36.8. The van der Waals surface area contributed by atoms with E-state index in [1.807, 2.05) is 0 Å². The van der Waals surface area contributed by atoms with Crippen molar-refractivity contribution in [3.05, 3.63) is 140 Å². The van der Waals surface area contributed by atoms with Crippen molar-refractivity contribution in [3.63, 3.8) is 0 Å². The zero-order valence-corrected chi connectivity index (χ0v) is 30.4. The van der Waals surface area contributed by atoms with Crippen molar-refractivity contribution in [2.75, 3.05) is 10.6 Å². The van der Waals surface area contributed by atoms with Gasteiger partial charge in [-0.2, -0.15) is 10.2 Å². The Balaban J connectivity index is 0.000000501. The number of hydrogen-bond donors (Lipinski definition) is 2. The smallest absolute Gasteiger partial charge is 0.874 e. The molecule has 0 unspecified atom stereocenters. The number of rotatable bonds is 10. The van der Waals surface area contributed by atoms with Crippen LogP contribution in [0.2, 0.25) is 0 Å². The second-order valence-electron chi connectivity index (χ2n) is 9.67. The van der Waals surface area contributed by atoms with Crippen LogP contribution in [0, 0.1) is 20.2 Å². The molecule has 4 rings (SSSR count). The summed E-state index contributed by atoms with van der Waals surface area (Å²) in [7, 11) is 0. The second-order valence-corrected chi connectivity index (χ2v) is 9.67. The molecule has 4 aromatic rings. The molecular formula is C32H24CoN8NaO10. The van der Waals surface area contributed by atoms with Gasteiger partial charge in [0.25, 0.3) is 23.2 Å². The van der Waals surface area contributed by atoms with Crippen molar-refractivity contribution in [2.24, 2.45) is 20.5 Å². The van der Waals surface area contributed by atoms with Gasteiger partial charge in [-0.3, -0.25) is 29.8 Å². The first-order valence-corrected chi connectivity index (χ1v) is 14.0. The summed E-state index contributed by atoms with van der Waals surface area (Å²) in [6.45, 7) is 2.23. The van der Waals surface area contributed by atoms with Gasteiger partial charge < -0.3 is 31.1 Å². The fourth-order valence-corrected chi connectivity index (χ4v) is 3.58. The molecule has 0 aliphatic heterocycles. The topological polar surface area (TPSA) is 286 Å². The Morgan fingerprint density at radius 3 is 1.21 bits per heavy atom. The quantitative estimate of drug-likeness (QED) is 0.0576. The summed E-state index contributed by atoms with van der Waals surface area (Å²) in [6.07, 6.45) is 0. The van der Waals surface area contributed by atoms with Crippen LogP contribution in [0.25, 0.3) is 0 Å². The predicted molar refractivity (Wildman–Crippen MR) is 170 cm³/mol. The SMILES string of the molecule is CC([O-])=C(N=Nc1cc([N+](=O)[O-])ccc1[O-])C(=O)Nc1ccccc1.CC([O-])=C(N=Nc1cc([N+](=O)[O-])ccc1[O-])C(=O)Nc1ccccc1.[Co+3].[Na+]. The Morgan fingerprint density at radius 1 is 0.596 bits per heavy atom. The van der Waals surface area contributed by atoms with E-state index in [1.165, 1.54) is 0 Å². The monoisotopic (exact) mass is 762 g/mol. The normalized spacial score (nSPS) is 11.4. The Labute approximate surface area is 327 Å². The number of amides is 2. The maximum atomic E-state index is 12.1. The Hall–Kier alpha value is -5.99. The Bertz CT molecular complexity index is 1880. The molecule has 0 bridgehead atoms. The number of nitro benzene ring substituents is 2. The second kappa shape index (κ2) is 21.3. The first-order valence-electron chi connectivity index (χ1n) is 14.0. The van der Waals surface area contributed by atoms with Gasteiger partial charge in [0.15, 0.2) is 0 Å². The molecule has 0 saturated heterocycles. The average Bonchev–Trinajstić information content (AvgIpc) is 3.07. The van der Waals surface area contributed by atoms with Crippen LogP contribution in [0.5, 0.6) is 11.5 Å². The van der Waals surface area contributed by atoms with Crippen molar-refractivity contribution in [2.45, 2.75) is 13.8 Å². The third-order valence-electron chi connectivity index (χ3n) is 5.98. The third-order valence-corrected chi connectivity index (χ3v) is 5.98. The van der Waals surface area contributed by atoms with E-state index in [0.29, 0.717) is 11.4 Å². The summed E-state index contributed by atoms with van der Waals surface area (Å²) in [5.41, 5.74) is -1.58. The Morgan fingerprint density at radius 2 is 0.923 bits per heavy atom. The van der Waals surface area contributed by atoms with Crippen molar-refractivity contribution in [1.82, 2.24) is 0 Å². The molecule has 0 aliphatic carbocycles. The summed E-state index contributed by atoms with van der Waals surface area (Å²) in [4.78, 5) is 44.3. The summed E-state index contributed by atoms with van der Waals surface area (Å²) in [5, 5.41) is 87.0. The molecule has 20 heteroatoms. The van der Waals surface area contributed by atoms with E-state index in [9.17, 15) is 50.2 Å². The van der Waals surface area contributed by atoms with E-state index in [-0.39, 0.29) is 69.1 Å². The minimum absolute atomic E-state index is 0. The van der Waals surface area contributed by atoms with Gasteiger partial charge in [-0.15, -0.1) is 21.7 Å². The average molecular weight is 763 g/mol. The number of nitrogens with one attached hydrogen (secondary N) is 2. The number of non-ortho nitro benzene ring substituents is 2. The molecule has 0 fully saturated rings. The van der Waals surface area contributed by atoms with Gasteiger partial charge in [0, 0.05) is 35.6 Å². The van der Waals surface area contributed by atoms with Crippen molar-refractivity contribution in [1.29, 1.82) is 0 Å². The van der Waals surface area contributed by atoms with E-state index >= 15 is 0 Å². The van der Waals surface area contributed by atoms with E-state index in [0.717, 1.165) is 50.2 Å². The number of nitro groups is 2. The van der Waals surface area contributed by atoms with Gasteiger partial charge in [-0.25, -0.2) is 0 Å². The van der Waals surface area contributed by atoms with E-state index in [2.05, 4.69) is 31.1 Å². The number of anilines is 2. The van der Waals surface area contributed by atoms with Gasteiger partial charge >= 0.3 is 46.3 Å². The minimum Gasteiger partial charge on any atom is -0.874 e. The molecule has 0 heterocycles. The molecule has 4 aromatic carbocycles. The van der Waals surface area contributed by atoms with Crippen molar-refractivity contribution >= 4 is 45.9 Å². The van der Waals surface area contributed by atoms with Crippen LogP contribution < -0.4 is 60.6 Å². The molecule has 0 spiro atoms. The molecular weight excluding hydrogens is 738 g/mol. The molecule has 262 valence electrons. The van der Waals surface area contributed by atoms with Gasteiger partial charge in [-0.1, -0.05) is 73.9 Å². The molecule has 0 saturated carbocycles. The van der Waals surface area contributed by atoms with Gasteiger partial charge in [0.1, 0.15) is 11.4 Å². The molecule has 52 heavy (non-hydrogen) atoms. The first kappa shape index (κ1) is 44.0. The molecule has 0 atom stereocenters. The zero-order valence-electron chi connectivity index (χ0n) is 27.3. The predicted octanol–water partition coefficient (Wildman–Crippen LogP) is 0.967. The van der Waals surface area contributed by atoms with Crippen molar-refractivity contribution in [3.8, 4) is 11.5 Å². The maximum absolute atomic E-state index is 12.1. The van der Waals surface area contributed by atoms with Crippen LogP contribution in [0.4, 0.5) is 34.1 Å².